The summed E-state index contributed by atoms with van der Waals surface area (Å²) >= 11 is 14.9. The number of hydrogen-bond acceptors (Lipinski definition) is 1. The van der Waals surface area contributed by atoms with Gasteiger partial charge in [-0.05, 0) is 12.1 Å². The van der Waals surface area contributed by atoms with Crippen LogP contribution in [0.4, 0.5) is 5.69 Å². The number of alkyl halides is 1. The average Bonchev–Trinajstić information content (AvgIpc) is 2.12. The van der Waals surface area contributed by atoms with E-state index < -0.39 is 0 Å². The van der Waals surface area contributed by atoms with Crippen LogP contribution in [0.1, 0.15) is 6.42 Å². The van der Waals surface area contributed by atoms with Crippen LogP contribution >= 0.6 is 39.1 Å². The van der Waals surface area contributed by atoms with Crippen LogP contribution in [-0.2, 0) is 4.79 Å². The molecule has 2 nitrogen and oxygen atoms in total. The molecule has 0 atom stereocenters. The highest BCUT2D eigenvalue weighted by molar-refractivity contribution is 9.09. The van der Waals surface area contributed by atoms with E-state index in [0.717, 1.165) is 0 Å². The smallest absolute Gasteiger partial charge is 0.225 e. The van der Waals surface area contributed by atoms with Crippen LogP contribution in [0.15, 0.2) is 18.2 Å². The van der Waals surface area contributed by atoms with Crippen LogP contribution in [0, 0.1) is 0 Å². The highest BCUT2D eigenvalue weighted by atomic mass is 79.9. The Balaban J connectivity index is 2.80. The van der Waals surface area contributed by atoms with Crippen molar-refractivity contribution in [2.24, 2.45) is 0 Å². The molecule has 0 saturated carbocycles. The Kier molecular flexibility index (Phi) is 4.72. The maximum Gasteiger partial charge on any atom is 0.225 e. The van der Waals surface area contributed by atoms with Gasteiger partial charge in [0.15, 0.2) is 0 Å². The molecular formula is C9H8BrCl2NO. The predicted octanol–water partition coefficient (Wildman–Crippen LogP) is 3.72. The van der Waals surface area contributed by atoms with Crippen molar-refractivity contribution in [3.63, 3.8) is 0 Å². The summed E-state index contributed by atoms with van der Waals surface area (Å²) in [4.78, 5) is 11.3. The van der Waals surface area contributed by atoms with E-state index in [0.29, 0.717) is 27.5 Å². The molecule has 0 aliphatic heterocycles. The zero-order valence-corrected chi connectivity index (χ0v) is 10.3. The number of benzene rings is 1. The molecule has 0 aliphatic rings. The number of amides is 1. The van der Waals surface area contributed by atoms with Gasteiger partial charge >= 0.3 is 0 Å². The monoisotopic (exact) mass is 295 g/mol. The fourth-order valence-electron chi connectivity index (χ4n) is 0.905. The molecule has 0 bridgehead atoms. The Morgan fingerprint density at radius 2 is 1.93 bits per heavy atom. The third-order valence-electron chi connectivity index (χ3n) is 1.55. The van der Waals surface area contributed by atoms with Gasteiger partial charge in [0.05, 0.1) is 15.7 Å². The first kappa shape index (κ1) is 11.8. The molecule has 5 heteroatoms. The van der Waals surface area contributed by atoms with Gasteiger partial charge in [-0.1, -0.05) is 45.2 Å². The summed E-state index contributed by atoms with van der Waals surface area (Å²) in [6.07, 6.45) is 0.390. The van der Waals surface area contributed by atoms with E-state index >= 15 is 0 Å². The fourth-order valence-corrected chi connectivity index (χ4v) is 1.76. The summed E-state index contributed by atoms with van der Waals surface area (Å²) in [7, 11) is 0. The number of rotatable bonds is 3. The zero-order valence-electron chi connectivity index (χ0n) is 7.19. The van der Waals surface area contributed by atoms with E-state index in [4.69, 9.17) is 23.2 Å². The van der Waals surface area contributed by atoms with Gasteiger partial charge in [0.2, 0.25) is 5.91 Å². The van der Waals surface area contributed by atoms with Crippen molar-refractivity contribution >= 4 is 50.7 Å². The summed E-state index contributed by atoms with van der Waals surface area (Å²) in [6, 6.07) is 5.08. The van der Waals surface area contributed by atoms with E-state index in [9.17, 15) is 4.79 Å². The number of carbonyl (C=O) groups is 1. The molecule has 1 N–H and O–H groups in total. The van der Waals surface area contributed by atoms with E-state index in [1.807, 2.05) is 0 Å². The molecule has 1 aromatic carbocycles. The Morgan fingerprint density at radius 3 is 2.43 bits per heavy atom. The third-order valence-corrected chi connectivity index (χ3v) is 2.58. The number of para-hydroxylation sites is 1. The molecule has 0 aromatic heterocycles. The summed E-state index contributed by atoms with van der Waals surface area (Å²) < 4.78 is 0. The fraction of sp³-hybridized carbons (Fsp3) is 0.222. The highest BCUT2D eigenvalue weighted by Crippen LogP contribution is 2.29. The van der Waals surface area contributed by atoms with E-state index in [1.165, 1.54) is 0 Å². The normalized spacial score (nSPS) is 9.93. The lowest BCUT2D eigenvalue weighted by Crippen LogP contribution is -2.12. The van der Waals surface area contributed by atoms with Crippen LogP contribution in [-0.4, -0.2) is 11.2 Å². The Morgan fingerprint density at radius 1 is 1.36 bits per heavy atom. The lowest BCUT2D eigenvalue weighted by atomic mass is 10.3. The topological polar surface area (TPSA) is 29.1 Å². The molecule has 1 rings (SSSR count). The van der Waals surface area contributed by atoms with Crippen molar-refractivity contribution < 1.29 is 4.79 Å². The summed E-state index contributed by atoms with van der Waals surface area (Å²) in [5.41, 5.74) is 0.474. The van der Waals surface area contributed by atoms with Gasteiger partial charge in [0.25, 0.3) is 0 Å². The number of carbonyl (C=O) groups excluding carboxylic acids is 1. The first-order valence-electron chi connectivity index (χ1n) is 3.95. The summed E-state index contributed by atoms with van der Waals surface area (Å²) in [5, 5.41) is 4.15. The molecule has 1 aromatic rings. The highest BCUT2D eigenvalue weighted by Gasteiger charge is 2.08. The molecular weight excluding hydrogens is 289 g/mol. The zero-order chi connectivity index (χ0) is 10.6. The van der Waals surface area contributed by atoms with Crippen molar-refractivity contribution in [3.05, 3.63) is 28.2 Å². The first-order chi connectivity index (χ1) is 6.65. The molecule has 14 heavy (non-hydrogen) atoms. The van der Waals surface area contributed by atoms with Crippen LogP contribution in [0.5, 0.6) is 0 Å². The lowest BCUT2D eigenvalue weighted by Gasteiger charge is -2.07. The Hall–Kier alpha value is -0.250. The molecule has 0 aliphatic carbocycles. The second kappa shape index (κ2) is 5.59. The average molecular weight is 297 g/mol. The van der Waals surface area contributed by atoms with Gasteiger partial charge < -0.3 is 5.32 Å². The van der Waals surface area contributed by atoms with Crippen LogP contribution < -0.4 is 5.32 Å². The van der Waals surface area contributed by atoms with E-state index in [1.54, 1.807) is 18.2 Å². The molecule has 0 saturated heterocycles. The number of anilines is 1. The van der Waals surface area contributed by atoms with Crippen molar-refractivity contribution in [1.82, 2.24) is 0 Å². The second-order valence-corrected chi connectivity index (χ2v) is 4.19. The Labute approximate surface area is 101 Å². The van der Waals surface area contributed by atoms with Crippen LogP contribution in [0.3, 0.4) is 0 Å². The van der Waals surface area contributed by atoms with E-state index in [-0.39, 0.29) is 5.91 Å². The number of nitrogens with one attached hydrogen (secondary N) is 1. The second-order valence-electron chi connectivity index (χ2n) is 2.58. The third kappa shape index (κ3) is 3.15. The van der Waals surface area contributed by atoms with Crippen molar-refractivity contribution in [2.75, 3.05) is 10.6 Å². The Bertz CT molecular complexity index is 323. The first-order valence-corrected chi connectivity index (χ1v) is 5.82. The molecule has 1 amide bonds. The summed E-state index contributed by atoms with van der Waals surface area (Å²) in [5.74, 6) is -0.114. The lowest BCUT2D eigenvalue weighted by molar-refractivity contribution is -0.115. The van der Waals surface area contributed by atoms with Crippen molar-refractivity contribution in [2.45, 2.75) is 6.42 Å². The quantitative estimate of drug-likeness (QED) is 0.846. The van der Waals surface area contributed by atoms with E-state index in [2.05, 4.69) is 21.2 Å². The molecule has 0 spiro atoms. The van der Waals surface area contributed by atoms with Crippen molar-refractivity contribution in [3.8, 4) is 0 Å². The standard InChI is InChI=1S/C9H8BrCl2NO/c10-5-4-8(14)13-9-6(11)2-1-3-7(9)12/h1-3H,4-5H2,(H,13,14). The van der Waals surface area contributed by atoms with Gasteiger partial charge in [-0.2, -0.15) is 0 Å². The minimum absolute atomic E-state index is 0.114. The molecule has 0 unspecified atom stereocenters. The van der Waals surface area contributed by atoms with Crippen molar-refractivity contribution in [1.29, 1.82) is 0 Å². The predicted molar refractivity (Wildman–Crippen MR) is 63.5 cm³/mol. The molecule has 0 radical (unpaired) electrons. The largest absolute Gasteiger partial charge is 0.324 e. The summed E-state index contributed by atoms with van der Waals surface area (Å²) in [6.45, 7) is 0. The molecule has 0 fully saturated rings. The van der Waals surface area contributed by atoms with Gasteiger partial charge in [-0.25, -0.2) is 0 Å². The maximum atomic E-state index is 11.3. The molecule has 76 valence electrons. The van der Waals surface area contributed by atoms with Gasteiger partial charge in [-0.3, -0.25) is 4.79 Å². The van der Waals surface area contributed by atoms with Crippen LogP contribution in [0.25, 0.3) is 0 Å². The number of hydrogen-bond donors (Lipinski definition) is 1. The minimum atomic E-state index is -0.114. The van der Waals surface area contributed by atoms with Gasteiger partial charge in [0, 0.05) is 11.8 Å². The molecule has 0 heterocycles. The number of halogens is 3. The SMILES string of the molecule is O=C(CCBr)Nc1c(Cl)cccc1Cl. The maximum absolute atomic E-state index is 11.3. The van der Waals surface area contributed by atoms with Crippen LogP contribution in [0.2, 0.25) is 10.0 Å². The van der Waals surface area contributed by atoms with Gasteiger partial charge in [-0.15, -0.1) is 0 Å². The minimum Gasteiger partial charge on any atom is -0.324 e. The van der Waals surface area contributed by atoms with Gasteiger partial charge in [0.1, 0.15) is 0 Å².